The summed E-state index contributed by atoms with van der Waals surface area (Å²) in [6, 6.07) is 9.40. The Labute approximate surface area is 150 Å². The van der Waals surface area contributed by atoms with Crippen LogP contribution in [0.1, 0.15) is 24.5 Å². The van der Waals surface area contributed by atoms with Crippen LogP contribution in [0.15, 0.2) is 47.2 Å². The highest BCUT2D eigenvalue weighted by molar-refractivity contribution is 9.10. The molecule has 0 aliphatic heterocycles. The summed E-state index contributed by atoms with van der Waals surface area (Å²) in [5.74, 6) is -0.187. The van der Waals surface area contributed by atoms with Crippen molar-refractivity contribution >= 4 is 33.4 Å². The first-order chi connectivity index (χ1) is 11.5. The highest BCUT2D eigenvalue weighted by Gasteiger charge is 2.12. The fraction of sp³-hybridized carbons (Fsp3) is 0.278. The molecule has 1 aromatic heterocycles. The highest BCUT2D eigenvalue weighted by Crippen LogP contribution is 2.20. The molecule has 0 saturated heterocycles. The average Bonchev–Trinajstić information content (AvgIpc) is 2.55. The minimum absolute atomic E-state index is 0.0651. The third kappa shape index (κ3) is 5.45. The number of halogens is 1. The molecule has 1 N–H and O–H groups in total. The number of amides is 2. The summed E-state index contributed by atoms with van der Waals surface area (Å²) in [4.78, 5) is 29.6. The monoisotopic (exact) mass is 389 g/mol. The number of carbonyl (C=O) groups is 2. The van der Waals surface area contributed by atoms with E-state index in [1.165, 1.54) is 6.92 Å². The molecule has 0 atom stereocenters. The molecule has 6 heteroatoms. The molecule has 2 amide bonds. The first-order valence-electron chi connectivity index (χ1n) is 7.66. The van der Waals surface area contributed by atoms with Gasteiger partial charge in [-0.25, -0.2) is 0 Å². The van der Waals surface area contributed by atoms with Crippen molar-refractivity contribution in [2.24, 2.45) is 0 Å². The number of nitrogens with zero attached hydrogens (tertiary/aromatic N) is 2. The number of nitrogens with one attached hydrogen (secondary N) is 1. The van der Waals surface area contributed by atoms with E-state index >= 15 is 0 Å². The third-order valence-electron chi connectivity index (χ3n) is 3.61. The molecule has 0 radical (unpaired) electrons. The number of hydrogen-bond acceptors (Lipinski definition) is 3. The van der Waals surface area contributed by atoms with Crippen molar-refractivity contribution in [3.8, 4) is 0 Å². The van der Waals surface area contributed by atoms with Gasteiger partial charge in [-0.05, 0) is 36.2 Å². The van der Waals surface area contributed by atoms with Crippen molar-refractivity contribution in [1.82, 2.24) is 9.88 Å². The number of hydrogen-bond donors (Lipinski definition) is 1. The molecule has 2 aromatic rings. The van der Waals surface area contributed by atoms with Crippen molar-refractivity contribution in [3.63, 3.8) is 0 Å². The number of anilines is 1. The Kier molecular flexibility index (Phi) is 6.49. The van der Waals surface area contributed by atoms with E-state index in [0.717, 1.165) is 21.3 Å². The standard InChI is InChI=1S/C18H20BrN3O2/c1-13-5-6-16(10-17(13)19)21-18(24)7-9-22(14(2)23)12-15-4-3-8-20-11-15/h3-6,8,10-11H,7,9,12H2,1-2H3,(H,21,24). The van der Waals surface area contributed by atoms with Gasteiger partial charge in [0.25, 0.3) is 0 Å². The first kappa shape index (κ1) is 18.1. The smallest absolute Gasteiger partial charge is 0.226 e. The molecule has 0 saturated carbocycles. The minimum atomic E-state index is -0.122. The lowest BCUT2D eigenvalue weighted by molar-refractivity contribution is -0.129. The van der Waals surface area contributed by atoms with Gasteiger partial charge >= 0.3 is 0 Å². The summed E-state index contributed by atoms with van der Waals surface area (Å²) in [7, 11) is 0. The van der Waals surface area contributed by atoms with Crippen LogP contribution in [0.3, 0.4) is 0 Å². The maximum absolute atomic E-state index is 12.1. The molecule has 2 rings (SSSR count). The molecule has 24 heavy (non-hydrogen) atoms. The van der Waals surface area contributed by atoms with Crippen molar-refractivity contribution in [1.29, 1.82) is 0 Å². The second-order valence-corrected chi connectivity index (χ2v) is 6.42. The van der Waals surface area contributed by atoms with E-state index in [1.54, 1.807) is 17.3 Å². The number of carbonyl (C=O) groups excluding carboxylic acids is 2. The van der Waals surface area contributed by atoms with Crippen LogP contribution in [-0.2, 0) is 16.1 Å². The lowest BCUT2D eigenvalue weighted by atomic mass is 10.2. The van der Waals surface area contributed by atoms with E-state index in [0.29, 0.717) is 13.1 Å². The van der Waals surface area contributed by atoms with Gasteiger partial charge in [0.05, 0.1) is 0 Å². The van der Waals surface area contributed by atoms with Crippen molar-refractivity contribution in [2.45, 2.75) is 26.8 Å². The molecule has 1 heterocycles. The molecule has 0 unspecified atom stereocenters. The molecule has 5 nitrogen and oxygen atoms in total. The Morgan fingerprint density at radius 1 is 1.29 bits per heavy atom. The van der Waals surface area contributed by atoms with Crippen LogP contribution in [0.4, 0.5) is 5.69 Å². The van der Waals surface area contributed by atoms with Gasteiger partial charge in [-0.3, -0.25) is 14.6 Å². The van der Waals surface area contributed by atoms with Crippen molar-refractivity contribution in [2.75, 3.05) is 11.9 Å². The van der Waals surface area contributed by atoms with E-state index in [9.17, 15) is 9.59 Å². The van der Waals surface area contributed by atoms with E-state index in [1.807, 2.05) is 37.3 Å². The Morgan fingerprint density at radius 2 is 2.08 bits per heavy atom. The molecule has 0 bridgehead atoms. The number of aromatic nitrogens is 1. The molecule has 1 aromatic carbocycles. The van der Waals surface area contributed by atoms with Crippen LogP contribution in [0, 0.1) is 6.92 Å². The maximum Gasteiger partial charge on any atom is 0.226 e. The number of pyridine rings is 1. The maximum atomic E-state index is 12.1. The predicted molar refractivity (Wildman–Crippen MR) is 97.5 cm³/mol. The molecular formula is C18H20BrN3O2. The summed E-state index contributed by atoms with van der Waals surface area (Å²) in [5.41, 5.74) is 2.78. The van der Waals surface area contributed by atoms with E-state index in [4.69, 9.17) is 0 Å². The SMILES string of the molecule is CC(=O)N(CCC(=O)Nc1ccc(C)c(Br)c1)Cc1cccnc1. The molecule has 0 fully saturated rings. The Morgan fingerprint density at radius 3 is 2.71 bits per heavy atom. The molecule has 0 aliphatic carbocycles. The summed E-state index contributed by atoms with van der Waals surface area (Å²) >= 11 is 3.44. The van der Waals surface area contributed by atoms with E-state index in [2.05, 4.69) is 26.2 Å². The Hall–Kier alpha value is -2.21. The molecule has 126 valence electrons. The highest BCUT2D eigenvalue weighted by atomic mass is 79.9. The summed E-state index contributed by atoms with van der Waals surface area (Å²) < 4.78 is 0.947. The van der Waals surface area contributed by atoms with Gasteiger partial charge in [-0.15, -0.1) is 0 Å². The third-order valence-corrected chi connectivity index (χ3v) is 4.46. The zero-order valence-corrected chi connectivity index (χ0v) is 15.3. The van der Waals surface area contributed by atoms with Gasteiger partial charge in [0.2, 0.25) is 11.8 Å². The number of aryl methyl sites for hydroxylation is 1. The van der Waals surface area contributed by atoms with Gasteiger partial charge in [-0.2, -0.15) is 0 Å². The van der Waals surface area contributed by atoms with Crippen LogP contribution >= 0.6 is 15.9 Å². The van der Waals surface area contributed by atoms with Crippen molar-refractivity contribution < 1.29 is 9.59 Å². The Bertz CT molecular complexity index is 719. The molecule has 0 aliphatic rings. The Balaban J connectivity index is 1.90. The van der Waals surface area contributed by atoms with Crippen LogP contribution in [0.2, 0.25) is 0 Å². The zero-order chi connectivity index (χ0) is 17.5. The zero-order valence-electron chi connectivity index (χ0n) is 13.8. The predicted octanol–water partition coefficient (Wildman–Crippen LogP) is 3.53. The first-order valence-corrected chi connectivity index (χ1v) is 8.45. The average molecular weight is 390 g/mol. The lowest BCUT2D eigenvalue weighted by Crippen LogP contribution is -2.31. The molecular weight excluding hydrogens is 370 g/mol. The second-order valence-electron chi connectivity index (χ2n) is 5.56. The van der Waals surface area contributed by atoms with Gasteiger partial charge in [0, 0.05) is 49.0 Å². The normalized spacial score (nSPS) is 10.3. The quantitative estimate of drug-likeness (QED) is 0.821. The number of rotatable bonds is 6. The van der Waals surface area contributed by atoms with Crippen LogP contribution in [-0.4, -0.2) is 28.2 Å². The van der Waals surface area contributed by atoms with Crippen LogP contribution in [0.25, 0.3) is 0 Å². The second kappa shape index (κ2) is 8.59. The van der Waals surface area contributed by atoms with Crippen LogP contribution in [0.5, 0.6) is 0 Å². The van der Waals surface area contributed by atoms with E-state index in [-0.39, 0.29) is 18.2 Å². The van der Waals surface area contributed by atoms with Crippen LogP contribution < -0.4 is 5.32 Å². The summed E-state index contributed by atoms with van der Waals surface area (Å²) in [6.07, 6.45) is 3.65. The van der Waals surface area contributed by atoms with Gasteiger partial charge in [0.1, 0.15) is 0 Å². The lowest BCUT2D eigenvalue weighted by Gasteiger charge is -2.20. The fourth-order valence-electron chi connectivity index (χ4n) is 2.19. The topological polar surface area (TPSA) is 62.3 Å². The van der Waals surface area contributed by atoms with E-state index < -0.39 is 0 Å². The fourth-order valence-corrected chi connectivity index (χ4v) is 2.57. The minimum Gasteiger partial charge on any atom is -0.338 e. The van der Waals surface area contributed by atoms with Gasteiger partial charge < -0.3 is 10.2 Å². The summed E-state index contributed by atoms with van der Waals surface area (Å²) in [5, 5.41) is 2.85. The molecule has 0 spiro atoms. The van der Waals surface area contributed by atoms with Gasteiger partial charge in [0.15, 0.2) is 0 Å². The number of benzene rings is 1. The van der Waals surface area contributed by atoms with Gasteiger partial charge in [-0.1, -0.05) is 28.1 Å². The summed E-state index contributed by atoms with van der Waals surface area (Å²) in [6.45, 7) is 4.31. The van der Waals surface area contributed by atoms with Crippen molar-refractivity contribution in [3.05, 3.63) is 58.3 Å². The largest absolute Gasteiger partial charge is 0.338 e.